The van der Waals surface area contributed by atoms with Gasteiger partial charge in [-0.05, 0) is 41.4 Å². The van der Waals surface area contributed by atoms with Crippen LogP contribution in [-0.2, 0) is 10.8 Å². The van der Waals surface area contributed by atoms with Crippen molar-refractivity contribution in [2.24, 2.45) is 0 Å². The lowest BCUT2D eigenvalue weighted by Gasteiger charge is -2.28. The monoisotopic (exact) mass is 622 g/mol. The molecule has 0 saturated heterocycles. The minimum Gasteiger partial charge on any atom is -0.507 e. The molecule has 0 spiro atoms. The highest BCUT2D eigenvalue weighted by molar-refractivity contribution is 8.03. The fraction of sp³-hybridized carbons (Fsp3) is 0.743. The number of unbranched alkanes of at least 4 members (excludes halogenated alkanes) is 11. The van der Waals surface area contributed by atoms with Crippen molar-refractivity contribution in [2.75, 3.05) is 0 Å². The van der Waals surface area contributed by atoms with E-state index < -0.39 is 0 Å². The summed E-state index contributed by atoms with van der Waals surface area (Å²) in [6.45, 7) is 17.7. The Balaban J connectivity index is 2.11. The molecular formula is C35H58OS4. The van der Waals surface area contributed by atoms with Gasteiger partial charge in [-0.3, -0.25) is 0 Å². The molecular weight excluding hydrogens is 565 g/mol. The van der Waals surface area contributed by atoms with Crippen molar-refractivity contribution in [2.45, 2.75) is 172 Å². The number of phenolic OH excluding ortho intramolecular Hbond substituents is 1. The third kappa shape index (κ3) is 11.7. The fourth-order valence-corrected chi connectivity index (χ4v) is 10.3. The molecule has 1 aromatic heterocycles. The maximum atomic E-state index is 11.3. The van der Waals surface area contributed by atoms with Gasteiger partial charge in [0.15, 0.2) is 0 Å². The number of rotatable bonds is 18. The summed E-state index contributed by atoms with van der Waals surface area (Å²) in [5.74, 6) is 0.445. The lowest BCUT2D eigenvalue weighted by molar-refractivity contribution is 0.423. The van der Waals surface area contributed by atoms with Gasteiger partial charge in [-0.25, -0.2) is 0 Å². The van der Waals surface area contributed by atoms with E-state index in [1.807, 2.05) is 10.3 Å². The molecule has 1 nitrogen and oxygen atoms in total. The first-order valence-electron chi connectivity index (χ1n) is 16.1. The van der Waals surface area contributed by atoms with Gasteiger partial charge in [0.2, 0.25) is 0 Å². The molecule has 1 N–H and O–H groups in total. The Labute approximate surface area is 264 Å². The summed E-state index contributed by atoms with van der Waals surface area (Å²) in [6, 6.07) is 4.42. The molecule has 228 valence electrons. The summed E-state index contributed by atoms with van der Waals surface area (Å²) in [5.41, 5.74) is 4.15. The van der Waals surface area contributed by atoms with Crippen molar-refractivity contribution >= 4 is 44.7 Å². The van der Waals surface area contributed by atoms with Crippen LogP contribution in [0.2, 0.25) is 0 Å². The van der Waals surface area contributed by atoms with Crippen molar-refractivity contribution in [1.82, 2.24) is 0 Å². The second-order valence-corrected chi connectivity index (χ2v) is 18.1. The van der Waals surface area contributed by atoms with Crippen LogP contribution in [0.4, 0.5) is 0 Å². The fourth-order valence-electron chi connectivity index (χ4n) is 5.36. The molecule has 0 aliphatic carbocycles. The highest BCUT2D eigenvalue weighted by Gasteiger charge is 2.28. The van der Waals surface area contributed by atoms with Crippen LogP contribution < -0.4 is 0 Å². The van der Waals surface area contributed by atoms with E-state index >= 15 is 0 Å². The number of benzene rings is 1. The van der Waals surface area contributed by atoms with Gasteiger partial charge in [0.1, 0.15) is 9.57 Å². The average molecular weight is 623 g/mol. The van der Waals surface area contributed by atoms with Gasteiger partial charge in [-0.15, -0.1) is 11.8 Å². The molecule has 1 atom stereocenters. The summed E-state index contributed by atoms with van der Waals surface area (Å²) in [4.78, 5) is 0. The molecule has 5 heteroatoms. The summed E-state index contributed by atoms with van der Waals surface area (Å²) < 4.78 is 2.37. The highest BCUT2D eigenvalue weighted by atomic mass is 32.9. The first-order valence-corrected chi connectivity index (χ1v) is 19.5. The second-order valence-electron chi connectivity index (χ2n) is 13.7. The SMILES string of the molecule is CCCCCCCCCCCCCC(CCCC)Sc1ssc(=S)c1-c1cc(C(C)(C)C)c(O)c(C(C)(C)C)c1. The van der Waals surface area contributed by atoms with Gasteiger partial charge < -0.3 is 5.11 Å². The van der Waals surface area contributed by atoms with E-state index in [-0.39, 0.29) is 10.8 Å². The van der Waals surface area contributed by atoms with Crippen LogP contribution in [0.25, 0.3) is 11.1 Å². The Morgan fingerprint density at radius 2 is 1.15 bits per heavy atom. The predicted molar refractivity (Wildman–Crippen MR) is 188 cm³/mol. The van der Waals surface area contributed by atoms with E-state index in [1.165, 1.54) is 112 Å². The van der Waals surface area contributed by atoms with E-state index in [1.54, 1.807) is 10.3 Å². The molecule has 1 unspecified atom stereocenters. The molecule has 0 saturated carbocycles. The van der Waals surface area contributed by atoms with Crippen LogP contribution >= 0.6 is 44.7 Å². The van der Waals surface area contributed by atoms with E-state index in [0.29, 0.717) is 11.0 Å². The normalized spacial score (nSPS) is 13.2. The predicted octanol–water partition coefficient (Wildman–Crippen LogP) is 13.9. The van der Waals surface area contributed by atoms with Gasteiger partial charge in [-0.1, -0.05) is 172 Å². The lowest BCUT2D eigenvalue weighted by Crippen LogP contribution is -2.17. The van der Waals surface area contributed by atoms with Crippen molar-refractivity contribution < 1.29 is 5.11 Å². The standard InChI is InChI=1S/C35H58OS4/c1-9-11-13-14-15-16-17-18-19-20-21-23-27(22-12-10-2)38-33-30(32(37)39-40-33)26-24-28(34(3,4)5)31(36)29(25-26)35(6,7)8/h24-25,27,36H,9-23H2,1-8H3. The largest absolute Gasteiger partial charge is 0.507 e. The number of hydrogen-bond donors (Lipinski definition) is 1. The van der Waals surface area contributed by atoms with Crippen molar-refractivity contribution in [3.05, 3.63) is 27.1 Å². The Hall–Kier alpha value is -0.360. The Morgan fingerprint density at radius 3 is 1.62 bits per heavy atom. The first kappa shape index (κ1) is 35.8. The molecule has 1 heterocycles. The lowest BCUT2D eigenvalue weighted by atomic mass is 9.78. The maximum Gasteiger partial charge on any atom is 0.123 e. The quantitative estimate of drug-likeness (QED) is 0.0773. The zero-order chi connectivity index (χ0) is 29.8. The molecule has 0 aliphatic heterocycles. The minimum absolute atomic E-state index is 0.146. The molecule has 0 fully saturated rings. The zero-order valence-corrected chi connectivity index (χ0v) is 30.2. The number of phenols is 1. The molecule has 0 amide bonds. The second kappa shape index (κ2) is 17.7. The van der Waals surface area contributed by atoms with Crippen LogP contribution in [-0.4, -0.2) is 10.4 Å². The molecule has 2 rings (SSSR count). The van der Waals surface area contributed by atoms with Crippen LogP contribution in [0, 0.1) is 3.82 Å². The topological polar surface area (TPSA) is 20.2 Å². The van der Waals surface area contributed by atoms with E-state index in [9.17, 15) is 5.11 Å². The summed E-state index contributed by atoms with van der Waals surface area (Å²) >= 11 is 8.02. The van der Waals surface area contributed by atoms with Crippen LogP contribution in [0.3, 0.4) is 0 Å². The highest BCUT2D eigenvalue weighted by Crippen LogP contribution is 2.48. The molecule has 2 aromatic rings. The third-order valence-corrected chi connectivity index (χ3v) is 12.8. The average Bonchev–Trinajstić information content (AvgIpc) is 3.24. The zero-order valence-electron chi connectivity index (χ0n) is 26.9. The van der Waals surface area contributed by atoms with Gasteiger partial charge >= 0.3 is 0 Å². The smallest absolute Gasteiger partial charge is 0.123 e. The minimum atomic E-state index is -0.146. The van der Waals surface area contributed by atoms with Crippen molar-refractivity contribution in [3.63, 3.8) is 0 Å². The summed E-state index contributed by atoms with van der Waals surface area (Å²) in [6.07, 6.45) is 20.5. The van der Waals surface area contributed by atoms with E-state index in [4.69, 9.17) is 12.2 Å². The van der Waals surface area contributed by atoms with Gasteiger partial charge in [-0.2, -0.15) is 0 Å². The van der Waals surface area contributed by atoms with E-state index in [2.05, 4.69) is 79.3 Å². The Kier molecular flexibility index (Phi) is 15.8. The first-order chi connectivity index (χ1) is 18.9. The number of aromatic hydroxyl groups is 1. The Bertz CT molecular complexity index is 1020. The molecule has 0 aliphatic rings. The summed E-state index contributed by atoms with van der Waals surface area (Å²) in [5, 5.41) is 11.9. The number of hydrogen-bond acceptors (Lipinski definition) is 5. The van der Waals surface area contributed by atoms with Crippen molar-refractivity contribution in [1.29, 1.82) is 0 Å². The maximum absolute atomic E-state index is 11.3. The van der Waals surface area contributed by atoms with Crippen LogP contribution in [0.5, 0.6) is 5.75 Å². The molecule has 40 heavy (non-hydrogen) atoms. The molecule has 0 radical (unpaired) electrons. The number of thioether (sulfide) groups is 1. The van der Waals surface area contributed by atoms with Crippen molar-refractivity contribution in [3.8, 4) is 16.9 Å². The van der Waals surface area contributed by atoms with Gasteiger partial charge in [0.25, 0.3) is 0 Å². The van der Waals surface area contributed by atoms with Gasteiger partial charge in [0.05, 0.1) is 4.21 Å². The van der Waals surface area contributed by atoms with E-state index in [0.717, 1.165) is 15.0 Å². The summed E-state index contributed by atoms with van der Waals surface area (Å²) in [7, 11) is 3.60. The van der Waals surface area contributed by atoms with Crippen LogP contribution in [0.1, 0.15) is 163 Å². The Morgan fingerprint density at radius 1 is 0.700 bits per heavy atom. The van der Waals surface area contributed by atoms with Gasteiger partial charge in [0, 0.05) is 21.9 Å². The van der Waals surface area contributed by atoms with Crippen LogP contribution in [0.15, 0.2) is 16.3 Å². The molecule has 1 aromatic carbocycles. The molecule has 0 bridgehead atoms. The third-order valence-electron chi connectivity index (χ3n) is 7.90.